The highest BCUT2D eigenvalue weighted by Gasteiger charge is 2.07. The molecule has 1 heterocycles. The van der Waals surface area contributed by atoms with Gasteiger partial charge >= 0.3 is 0 Å². The van der Waals surface area contributed by atoms with Crippen LogP contribution in [0.25, 0.3) is 0 Å². The Morgan fingerprint density at radius 2 is 1.76 bits per heavy atom. The van der Waals surface area contributed by atoms with Crippen LogP contribution in [0.3, 0.4) is 0 Å². The minimum Gasteiger partial charge on any atom is -0.366 e. The van der Waals surface area contributed by atoms with Gasteiger partial charge in [-0.3, -0.25) is 4.79 Å². The van der Waals surface area contributed by atoms with Gasteiger partial charge in [0.1, 0.15) is 5.82 Å². The topological polar surface area (TPSA) is 54.0 Å². The maximum Gasteiger partial charge on any atom is 0.255 e. The van der Waals surface area contributed by atoms with Gasteiger partial charge < -0.3 is 10.6 Å². The van der Waals surface area contributed by atoms with E-state index in [1.54, 1.807) is 18.3 Å². The fraction of sp³-hybridized carbons (Fsp3) is 0.100. The average molecular weight is 352 g/mol. The number of amides is 1. The molecule has 1 aromatic heterocycles. The van der Waals surface area contributed by atoms with Crippen molar-refractivity contribution in [3.63, 3.8) is 0 Å². The zero-order chi connectivity index (χ0) is 17.6. The lowest BCUT2D eigenvalue weighted by Crippen LogP contribution is -2.12. The summed E-state index contributed by atoms with van der Waals surface area (Å²) in [4.78, 5) is 16.6. The van der Waals surface area contributed by atoms with Crippen LogP contribution in [0.1, 0.15) is 21.5 Å². The summed E-state index contributed by atoms with van der Waals surface area (Å²) in [5.41, 5.74) is 3.55. The van der Waals surface area contributed by atoms with Crippen molar-refractivity contribution in [3.05, 3.63) is 88.6 Å². The summed E-state index contributed by atoms with van der Waals surface area (Å²) in [6, 6.07) is 18.7. The van der Waals surface area contributed by atoms with Crippen molar-refractivity contribution in [1.82, 2.24) is 4.98 Å². The molecule has 0 spiro atoms. The number of hydrogen-bond acceptors (Lipinski definition) is 3. The number of benzene rings is 2. The molecule has 0 unspecified atom stereocenters. The number of pyridine rings is 1. The lowest BCUT2D eigenvalue weighted by atomic mass is 10.2. The van der Waals surface area contributed by atoms with Gasteiger partial charge in [-0.1, -0.05) is 41.4 Å². The first kappa shape index (κ1) is 17.0. The van der Waals surface area contributed by atoms with Crippen LogP contribution in [0.15, 0.2) is 66.9 Å². The summed E-state index contributed by atoms with van der Waals surface area (Å²) in [5, 5.41) is 6.80. The van der Waals surface area contributed by atoms with E-state index in [0.717, 1.165) is 16.8 Å². The summed E-state index contributed by atoms with van der Waals surface area (Å²) in [6.07, 6.45) is 1.62. The smallest absolute Gasteiger partial charge is 0.255 e. The quantitative estimate of drug-likeness (QED) is 0.686. The molecule has 0 saturated heterocycles. The van der Waals surface area contributed by atoms with Crippen molar-refractivity contribution in [1.29, 1.82) is 0 Å². The largest absolute Gasteiger partial charge is 0.366 e. The van der Waals surface area contributed by atoms with E-state index in [9.17, 15) is 4.79 Å². The Balaban J connectivity index is 1.64. The van der Waals surface area contributed by atoms with Gasteiger partial charge in [0.2, 0.25) is 0 Å². The number of aromatic nitrogens is 1. The third-order valence-electron chi connectivity index (χ3n) is 3.72. The SMILES string of the molecule is Cc1ccc(NC(=O)c2ccnc(NCc3ccc(Cl)cc3)c2)cc1. The monoisotopic (exact) mass is 351 g/mol. The van der Waals surface area contributed by atoms with E-state index in [-0.39, 0.29) is 5.91 Å². The van der Waals surface area contributed by atoms with Crippen LogP contribution in [-0.4, -0.2) is 10.9 Å². The van der Waals surface area contributed by atoms with Crippen LogP contribution in [0.4, 0.5) is 11.5 Å². The van der Waals surface area contributed by atoms with E-state index in [2.05, 4.69) is 15.6 Å². The van der Waals surface area contributed by atoms with Crippen molar-refractivity contribution in [2.24, 2.45) is 0 Å². The third kappa shape index (κ3) is 4.81. The highest BCUT2D eigenvalue weighted by molar-refractivity contribution is 6.30. The van der Waals surface area contributed by atoms with Gasteiger partial charge in [-0.05, 0) is 48.9 Å². The first-order valence-electron chi connectivity index (χ1n) is 7.92. The molecule has 0 aliphatic rings. The lowest BCUT2D eigenvalue weighted by Gasteiger charge is -2.09. The molecule has 0 saturated carbocycles. The zero-order valence-corrected chi connectivity index (χ0v) is 14.5. The van der Waals surface area contributed by atoms with Crippen LogP contribution in [0.5, 0.6) is 0 Å². The molecule has 25 heavy (non-hydrogen) atoms. The van der Waals surface area contributed by atoms with Crippen LogP contribution in [0.2, 0.25) is 5.02 Å². The van der Waals surface area contributed by atoms with Gasteiger partial charge in [0, 0.05) is 29.0 Å². The fourth-order valence-corrected chi connectivity index (χ4v) is 2.43. The molecule has 0 aliphatic carbocycles. The van der Waals surface area contributed by atoms with Crippen LogP contribution in [-0.2, 0) is 6.54 Å². The molecule has 0 bridgehead atoms. The number of aryl methyl sites for hydroxylation is 1. The molecule has 126 valence electrons. The van der Waals surface area contributed by atoms with Crippen molar-refractivity contribution in [3.8, 4) is 0 Å². The van der Waals surface area contributed by atoms with Gasteiger partial charge in [-0.2, -0.15) is 0 Å². The minimum absolute atomic E-state index is 0.166. The molecule has 4 nitrogen and oxygen atoms in total. The van der Waals surface area contributed by atoms with Gasteiger partial charge in [-0.25, -0.2) is 4.98 Å². The fourth-order valence-electron chi connectivity index (χ4n) is 2.30. The first-order valence-corrected chi connectivity index (χ1v) is 8.30. The summed E-state index contributed by atoms with van der Waals surface area (Å²) >= 11 is 5.88. The third-order valence-corrected chi connectivity index (χ3v) is 3.97. The Bertz CT molecular complexity index is 861. The molecule has 0 atom stereocenters. The predicted octanol–water partition coefficient (Wildman–Crippen LogP) is 4.91. The van der Waals surface area contributed by atoms with E-state index in [0.29, 0.717) is 22.9 Å². The Hall–Kier alpha value is -2.85. The normalized spacial score (nSPS) is 10.3. The molecule has 0 fully saturated rings. The first-order chi connectivity index (χ1) is 12.1. The maximum atomic E-state index is 12.4. The molecule has 3 aromatic rings. The van der Waals surface area contributed by atoms with Crippen LogP contribution in [0, 0.1) is 6.92 Å². The molecule has 0 aliphatic heterocycles. The Morgan fingerprint density at radius 1 is 1.04 bits per heavy atom. The van der Waals surface area contributed by atoms with Crippen LogP contribution >= 0.6 is 11.6 Å². The second-order valence-corrected chi connectivity index (χ2v) is 6.17. The predicted molar refractivity (Wildman–Crippen MR) is 102 cm³/mol. The standard InChI is InChI=1S/C20H18ClN3O/c1-14-2-8-18(9-3-14)24-20(25)16-10-11-22-19(12-16)23-13-15-4-6-17(21)7-5-15/h2-12H,13H2,1H3,(H,22,23)(H,24,25). The molecule has 5 heteroatoms. The lowest BCUT2D eigenvalue weighted by molar-refractivity contribution is 0.102. The Kier molecular flexibility index (Phi) is 5.31. The number of nitrogens with zero attached hydrogens (tertiary/aromatic N) is 1. The molecular formula is C20H18ClN3O. The van der Waals surface area contributed by atoms with Gasteiger partial charge in [0.25, 0.3) is 5.91 Å². The number of carbonyl (C=O) groups excluding carboxylic acids is 1. The zero-order valence-electron chi connectivity index (χ0n) is 13.8. The van der Waals surface area contributed by atoms with Crippen molar-refractivity contribution in [2.45, 2.75) is 13.5 Å². The van der Waals surface area contributed by atoms with Gasteiger partial charge in [-0.15, -0.1) is 0 Å². The number of nitrogens with one attached hydrogen (secondary N) is 2. The molecular weight excluding hydrogens is 334 g/mol. The highest BCUT2D eigenvalue weighted by Crippen LogP contribution is 2.14. The van der Waals surface area contributed by atoms with E-state index in [1.807, 2.05) is 55.5 Å². The van der Waals surface area contributed by atoms with Crippen LogP contribution < -0.4 is 10.6 Å². The summed E-state index contributed by atoms with van der Waals surface area (Å²) < 4.78 is 0. The summed E-state index contributed by atoms with van der Waals surface area (Å²) in [6.45, 7) is 2.61. The summed E-state index contributed by atoms with van der Waals surface area (Å²) in [7, 11) is 0. The Labute approximate surface area is 151 Å². The van der Waals surface area contributed by atoms with Gasteiger partial charge in [0.05, 0.1) is 0 Å². The number of hydrogen-bond donors (Lipinski definition) is 2. The van der Waals surface area contributed by atoms with E-state index in [4.69, 9.17) is 11.6 Å². The number of carbonyl (C=O) groups is 1. The minimum atomic E-state index is -0.166. The van der Waals surface area contributed by atoms with Crippen molar-refractivity contribution < 1.29 is 4.79 Å². The van der Waals surface area contributed by atoms with Crippen molar-refractivity contribution >= 4 is 29.0 Å². The number of rotatable bonds is 5. The molecule has 3 rings (SSSR count). The molecule has 1 amide bonds. The average Bonchev–Trinajstić information content (AvgIpc) is 2.63. The van der Waals surface area contributed by atoms with E-state index < -0.39 is 0 Å². The molecule has 2 aromatic carbocycles. The van der Waals surface area contributed by atoms with Gasteiger partial charge in [0.15, 0.2) is 0 Å². The Morgan fingerprint density at radius 3 is 2.48 bits per heavy atom. The number of anilines is 2. The van der Waals surface area contributed by atoms with Crippen molar-refractivity contribution in [2.75, 3.05) is 10.6 Å². The maximum absolute atomic E-state index is 12.4. The molecule has 2 N–H and O–H groups in total. The number of halogens is 1. The molecule has 0 radical (unpaired) electrons. The highest BCUT2D eigenvalue weighted by atomic mass is 35.5. The van der Waals surface area contributed by atoms with E-state index >= 15 is 0 Å². The second kappa shape index (κ2) is 7.81. The van der Waals surface area contributed by atoms with E-state index in [1.165, 1.54) is 0 Å². The summed E-state index contributed by atoms with van der Waals surface area (Å²) in [5.74, 6) is 0.479. The second-order valence-electron chi connectivity index (χ2n) is 5.73.